The first-order valence-corrected chi connectivity index (χ1v) is 17.7. The summed E-state index contributed by atoms with van der Waals surface area (Å²) < 4.78 is 0. The fourth-order valence-electron chi connectivity index (χ4n) is 22.3. The molecule has 0 aromatic heterocycles. The highest BCUT2D eigenvalue weighted by atomic mass is 15.2. The molecular weight excluding hydrogens is 432 g/mol. The van der Waals surface area contributed by atoms with Crippen LogP contribution in [-0.2, 0) is 0 Å². The smallest absolute Gasteiger partial charge is 0.00965 e. The molecule has 0 radical (unpaired) electrons. The molecule has 21 unspecified atom stereocenters. The van der Waals surface area contributed by atoms with Gasteiger partial charge in [0.2, 0.25) is 0 Å². The Balaban J connectivity index is 0.820. The molecule has 0 aliphatic heterocycles. The van der Waals surface area contributed by atoms with E-state index >= 15 is 0 Å². The van der Waals surface area contributed by atoms with E-state index in [2.05, 4.69) is 6.92 Å². The van der Waals surface area contributed by atoms with Crippen molar-refractivity contribution in [3.8, 4) is 0 Å². The molecule has 190 valence electrons. The van der Waals surface area contributed by atoms with Crippen molar-refractivity contribution >= 4 is 0 Å². The number of hydrogen-bond donors (Lipinski definition) is 0. The molecular formula is C36H46. The maximum atomic E-state index is 2.49. The highest BCUT2D eigenvalue weighted by Crippen LogP contribution is 3.24. The molecule has 5 spiro atoms. The molecule has 14 rings (SSSR count). The van der Waals surface area contributed by atoms with Gasteiger partial charge in [-0.25, -0.2) is 0 Å². The van der Waals surface area contributed by atoms with Crippen molar-refractivity contribution in [3.63, 3.8) is 0 Å². The Labute approximate surface area is 217 Å². The lowest BCUT2D eigenvalue weighted by Gasteiger charge is -3.24. The Hall–Kier alpha value is 0. The van der Waals surface area contributed by atoms with Crippen LogP contribution in [0.3, 0.4) is 0 Å². The highest BCUT2D eigenvalue weighted by molar-refractivity contribution is 5.67. The third kappa shape index (κ3) is 1.05. The van der Waals surface area contributed by atoms with Gasteiger partial charge in [-0.05, 0) is 198 Å². The Kier molecular flexibility index (Phi) is 2.29. The Morgan fingerprint density at radius 2 is 1.47 bits per heavy atom. The van der Waals surface area contributed by atoms with Crippen molar-refractivity contribution in [1.82, 2.24) is 0 Å². The molecule has 3 bridgehead atoms. The fraction of sp³-hybridized carbons (Fsp3) is 1.00. The van der Waals surface area contributed by atoms with E-state index in [-0.39, 0.29) is 0 Å². The van der Waals surface area contributed by atoms with E-state index in [4.69, 9.17) is 0 Å². The largest absolute Gasteiger partial charge is 0.0654 e. The second-order valence-corrected chi connectivity index (χ2v) is 19.2. The van der Waals surface area contributed by atoms with E-state index in [1.807, 2.05) is 0 Å². The molecule has 0 amide bonds. The maximum Gasteiger partial charge on any atom is -0.00965 e. The maximum absolute atomic E-state index is 2.49. The van der Waals surface area contributed by atoms with E-state index in [0.717, 1.165) is 50.2 Å². The third-order valence-electron chi connectivity index (χ3n) is 21.2. The zero-order valence-electron chi connectivity index (χ0n) is 22.6. The van der Waals surface area contributed by atoms with Crippen molar-refractivity contribution in [2.75, 3.05) is 0 Å². The summed E-state index contributed by atoms with van der Waals surface area (Å²) in [6.07, 6.45) is 23.4. The second kappa shape index (κ2) is 4.48. The number of hydrogen-bond acceptors (Lipinski definition) is 0. The lowest BCUT2D eigenvalue weighted by atomic mass is 8.79. The van der Waals surface area contributed by atoms with Crippen LogP contribution >= 0.6 is 0 Å². The Morgan fingerprint density at radius 3 is 2.31 bits per heavy atom. The number of rotatable bonds is 5. The molecule has 14 saturated carbocycles. The van der Waals surface area contributed by atoms with Crippen LogP contribution in [0.5, 0.6) is 0 Å². The Bertz CT molecular complexity index is 1250. The molecule has 0 heterocycles. The van der Waals surface area contributed by atoms with Gasteiger partial charge < -0.3 is 0 Å². The van der Waals surface area contributed by atoms with Gasteiger partial charge in [0.25, 0.3) is 0 Å². The van der Waals surface area contributed by atoms with Crippen LogP contribution in [0.1, 0.15) is 96.8 Å². The topological polar surface area (TPSA) is 0 Å². The first-order valence-electron chi connectivity index (χ1n) is 17.7. The SMILES string of the molecule is CCCC1CC2(CCC3C4CC5C6C7C8CC9CC%10C%11C%12C3C45C6%12C7%11C98%10)CCC3CC4CC1CC42C3. The van der Waals surface area contributed by atoms with Crippen molar-refractivity contribution < 1.29 is 0 Å². The normalized spacial score (nSPS) is 85.1. The first-order chi connectivity index (χ1) is 17.7. The summed E-state index contributed by atoms with van der Waals surface area (Å²) in [5, 5.41) is 0. The highest BCUT2D eigenvalue weighted by Gasteiger charge is 3.21. The van der Waals surface area contributed by atoms with Gasteiger partial charge in [-0.15, -0.1) is 0 Å². The van der Waals surface area contributed by atoms with E-state index in [0.29, 0.717) is 0 Å². The molecule has 14 fully saturated rings. The first kappa shape index (κ1) is 18.4. The van der Waals surface area contributed by atoms with Crippen molar-refractivity contribution in [3.05, 3.63) is 0 Å². The average Bonchev–Trinajstić information content (AvgIpc) is 3.26. The van der Waals surface area contributed by atoms with Crippen LogP contribution in [0.25, 0.3) is 0 Å². The summed E-state index contributed by atoms with van der Waals surface area (Å²) in [7, 11) is 0. The van der Waals surface area contributed by atoms with Gasteiger partial charge in [0.1, 0.15) is 0 Å². The number of fused-ring (bicyclic) bond motifs is 8. The lowest BCUT2D eigenvalue weighted by molar-refractivity contribution is -0.784. The third-order valence-corrected chi connectivity index (χ3v) is 21.2. The molecule has 14 aliphatic carbocycles. The molecule has 36 heavy (non-hydrogen) atoms. The standard InChI is InChI=1S/C36H46/c1-2-3-17-14-31(6-4-16-8-19-9-18(17)15-32(19,31)13-16)7-5-21-22-12-25-28-27-23-10-20-11-24-29-30-26(21)34(22,25)36(28,30)35(27,29)33(20,23)24/h16-30H,2-15H2,1H3. The summed E-state index contributed by atoms with van der Waals surface area (Å²) in [4.78, 5) is 0. The van der Waals surface area contributed by atoms with Gasteiger partial charge in [-0.2, -0.15) is 0 Å². The van der Waals surface area contributed by atoms with Gasteiger partial charge in [0.05, 0.1) is 0 Å². The van der Waals surface area contributed by atoms with Crippen LogP contribution in [0, 0.1) is 121 Å². The van der Waals surface area contributed by atoms with Crippen molar-refractivity contribution in [1.29, 1.82) is 0 Å². The Morgan fingerprint density at radius 1 is 0.667 bits per heavy atom. The predicted octanol–water partition coefficient (Wildman–Crippen LogP) is 7.82. The minimum Gasteiger partial charge on any atom is -0.0654 e. The second-order valence-electron chi connectivity index (χ2n) is 19.2. The molecule has 0 nitrogen and oxygen atoms in total. The summed E-state index contributed by atoms with van der Waals surface area (Å²) in [5.41, 5.74) is 5.85. The molecule has 0 saturated heterocycles. The fourth-order valence-corrected chi connectivity index (χ4v) is 22.3. The summed E-state index contributed by atoms with van der Waals surface area (Å²) in [5.74, 6) is 18.8. The zero-order chi connectivity index (χ0) is 22.6. The van der Waals surface area contributed by atoms with Crippen LogP contribution in [0.4, 0.5) is 0 Å². The quantitative estimate of drug-likeness (QED) is 0.378. The zero-order valence-corrected chi connectivity index (χ0v) is 22.6. The van der Waals surface area contributed by atoms with E-state index in [9.17, 15) is 0 Å². The lowest BCUT2D eigenvalue weighted by Crippen LogP contribution is -3.21. The average molecular weight is 479 g/mol. The van der Waals surface area contributed by atoms with Crippen LogP contribution in [0.15, 0.2) is 0 Å². The summed E-state index contributed by atoms with van der Waals surface area (Å²) >= 11 is 0. The van der Waals surface area contributed by atoms with Gasteiger partial charge in [-0.3, -0.25) is 0 Å². The monoisotopic (exact) mass is 478 g/mol. The van der Waals surface area contributed by atoms with Gasteiger partial charge in [-0.1, -0.05) is 19.8 Å². The minimum atomic E-state index is 0.810. The molecule has 0 N–H and O–H groups in total. The summed E-state index contributed by atoms with van der Waals surface area (Å²) in [6, 6.07) is 0. The van der Waals surface area contributed by atoms with Gasteiger partial charge >= 0.3 is 0 Å². The van der Waals surface area contributed by atoms with E-state index in [1.54, 1.807) is 83.5 Å². The van der Waals surface area contributed by atoms with E-state index < -0.39 is 0 Å². The van der Waals surface area contributed by atoms with Crippen molar-refractivity contribution in [2.45, 2.75) is 96.8 Å². The molecule has 21 atom stereocenters. The van der Waals surface area contributed by atoms with E-state index in [1.165, 1.54) is 77.4 Å². The predicted molar refractivity (Wildman–Crippen MR) is 137 cm³/mol. The molecule has 14 aliphatic rings. The van der Waals surface area contributed by atoms with Gasteiger partial charge in [0, 0.05) is 0 Å². The van der Waals surface area contributed by atoms with Gasteiger partial charge in [0.15, 0.2) is 0 Å². The minimum absolute atomic E-state index is 0.810. The summed E-state index contributed by atoms with van der Waals surface area (Å²) in [6.45, 7) is 2.49. The molecule has 0 heteroatoms. The van der Waals surface area contributed by atoms with Crippen LogP contribution in [-0.4, -0.2) is 0 Å². The molecule has 0 aromatic rings. The van der Waals surface area contributed by atoms with Crippen LogP contribution < -0.4 is 0 Å². The van der Waals surface area contributed by atoms with Crippen molar-refractivity contribution in [2.24, 2.45) is 121 Å². The molecule has 0 aromatic carbocycles. The van der Waals surface area contributed by atoms with Crippen LogP contribution in [0.2, 0.25) is 0 Å².